The highest BCUT2D eigenvalue weighted by Crippen LogP contribution is 2.37. The maximum absolute atomic E-state index is 13.2. The van der Waals surface area contributed by atoms with E-state index < -0.39 is 0 Å². The topological polar surface area (TPSA) is 69.3 Å². The number of thioether (sulfide) groups is 1. The van der Waals surface area contributed by atoms with Gasteiger partial charge in [0.25, 0.3) is 11.5 Å². The van der Waals surface area contributed by atoms with Crippen molar-refractivity contribution in [3.63, 3.8) is 0 Å². The number of hydrogen-bond donors (Lipinski definition) is 0. The Labute approximate surface area is 200 Å². The van der Waals surface area contributed by atoms with E-state index in [1.165, 1.54) is 11.8 Å². The molecule has 3 heterocycles. The number of pyridine rings is 1. The van der Waals surface area contributed by atoms with Crippen molar-refractivity contribution in [2.45, 2.75) is 60.4 Å². The monoisotopic (exact) mass is 472 g/mol. The zero-order valence-electron chi connectivity index (χ0n) is 19.6. The minimum atomic E-state index is -0.246. The summed E-state index contributed by atoms with van der Waals surface area (Å²) in [5, 5.41) is 9.76. The summed E-state index contributed by atoms with van der Waals surface area (Å²) < 4.78 is 2.30. The molecule has 2 aliphatic rings. The average Bonchev–Trinajstić information content (AvgIpc) is 2.99. The van der Waals surface area contributed by atoms with Crippen molar-refractivity contribution >= 4 is 46.1 Å². The first-order chi connectivity index (χ1) is 15.2. The van der Waals surface area contributed by atoms with Crippen molar-refractivity contribution in [3.05, 3.63) is 31.9 Å². The van der Waals surface area contributed by atoms with E-state index in [-0.39, 0.29) is 17.0 Å². The van der Waals surface area contributed by atoms with Crippen LogP contribution in [0.1, 0.15) is 63.6 Å². The van der Waals surface area contributed by atoms with Crippen molar-refractivity contribution in [1.29, 1.82) is 5.26 Å². The molecule has 1 aromatic heterocycles. The molecule has 172 valence electrons. The van der Waals surface area contributed by atoms with E-state index in [1.54, 1.807) is 9.47 Å². The smallest absolute Gasteiger partial charge is 0.270 e. The van der Waals surface area contributed by atoms with Gasteiger partial charge in [-0.25, -0.2) is 0 Å². The molecule has 2 fully saturated rings. The van der Waals surface area contributed by atoms with Crippen LogP contribution in [0.25, 0.3) is 6.08 Å². The molecule has 2 saturated heterocycles. The Balaban J connectivity index is 2.22. The summed E-state index contributed by atoms with van der Waals surface area (Å²) in [4.78, 5) is 30.8. The van der Waals surface area contributed by atoms with Gasteiger partial charge >= 0.3 is 0 Å². The third kappa shape index (κ3) is 4.79. The van der Waals surface area contributed by atoms with Crippen molar-refractivity contribution < 1.29 is 4.79 Å². The third-order valence-electron chi connectivity index (χ3n) is 5.95. The number of aromatic nitrogens is 1. The quantitative estimate of drug-likeness (QED) is 0.447. The Morgan fingerprint density at radius 3 is 2.66 bits per heavy atom. The molecule has 6 nitrogen and oxygen atoms in total. The van der Waals surface area contributed by atoms with Gasteiger partial charge in [0.1, 0.15) is 21.8 Å². The molecule has 2 aliphatic heterocycles. The first-order valence-corrected chi connectivity index (χ1v) is 12.6. The molecule has 0 N–H and O–H groups in total. The molecule has 0 saturated carbocycles. The predicted octanol–water partition coefficient (Wildman–Crippen LogP) is 4.53. The Bertz CT molecular complexity index is 1050. The number of amides is 1. The third-order valence-corrected chi connectivity index (χ3v) is 7.32. The zero-order valence-corrected chi connectivity index (χ0v) is 21.2. The highest BCUT2D eigenvalue weighted by Gasteiger charge is 2.34. The number of anilines is 1. The fourth-order valence-corrected chi connectivity index (χ4v) is 5.71. The van der Waals surface area contributed by atoms with Gasteiger partial charge in [0.05, 0.1) is 4.91 Å². The Hall–Kier alpha value is -2.11. The summed E-state index contributed by atoms with van der Waals surface area (Å²) in [6.07, 6.45) is 4.85. The van der Waals surface area contributed by atoms with Gasteiger partial charge in [-0.2, -0.15) is 5.26 Å². The summed E-state index contributed by atoms with van der Waals surface area (Å²) in [6, 6.07) is 2.11. The Kier molecular flexibility index (Phi) is 7.84. The molecular weight excluding hydrogens is 440 g/mol. The SMILES string of the molecule is CCCn1c(N2CCCC(C)C2)c(/C=C2/SC(=S)N(CC(C)C)C2=O)c(C)c(C#N)c1=O. The fourth-order valence-electron chi connectivity index (χ4n) is 4.45. The molecule has 1 aromatic rings. The van der Waals surface area contributed by atoms with Crippen LogP contribution in [0, 0.1) is 30.1 Å². The number of hydrogen-bond acceptors (Lipinski definition) is 6. The number of thiocarbonyl (C=S) groups is 1. The lowest BCUT2D eigenvalue weighted by Gasteiger charge is -2.36. The van der Waals surface area contributed by atoms with Crippen LogP contribution in [0.4, 0.5) is 5.82 Å². The number of carbonyl (C=O) groups is 1. The zero-order chi connectivity index (χ0) is 23.6. The fraction of sp³-hybridized carbons (Fsp3) is 0.583. The molecule has 1 atom stereocenters. The maximum Gasteiger partial charge on any atom is 0.270 e. The van der Waals surface area contributed by atoms with Crippen molar-refractivity contribution in [1.82, 2.24) is 9.47 Å². The van der Waals surface area contributed by atoms with Crippen LogP contribution in [-0.2, 0) is 11.3 Å². The van der Waals surface area contributed by atoms with Gasteiger partial charge in [0.2, 0.25) is 0 Å². The largest absolute Gasteiger partial charge is 0.357 e. The molecular formula is C24H32N4O2S2. The molecule has 3 rings (SSSR count). The van der Waals surface area contributed by atoms with Crippen LogP contribution in [-0.4, -0.2) is 39.3 Å². The second kappa shape index (κ2) is 10.2. The van der Waals surface area contributed by atoms with Gasteiger partial charge in [-0.3, -0.25) is 19.1 Å². The van der Waals surface area contributed by atoms with Crippen LogP contribution in [0.15, 0.2) is 9.70 Å². The predicted molar refractivity (Wildman–Crippen MR) is 136 cm³/mol. The number of rotatable bonds is 6. The van der Waals surface area contributed by atoms with E-state index >= 15 is 0 Å². The normalized spacial score (nSPS) is 20.5. The van der Waals surface area contributed by atoms with E-state index in [4.69, 9.17) is 12.2 Å². The van der Waals surface area contributed by atoms with Gasteiger partial charge in [0.15, 0.2) is 0 Å². The first kappa shape index (κ1) is 24.5. The van der Waals surface area contributed by atoms with Gasteiger partial charge in [-0.1, -0.05) is 51.7 Å². The summed E-state index contributed by atoms with van der Waals surface area (Å²) in [5.74, 6) is 1.55. The highest BCUT2D eigenvalue weighted by molar-refractivity contribution is 8.26. The number of nitrogens with zero attached hydrogens (tertiary/aromatic N) is 4. The Morgan fingerprint density at radius 1 is 1.34 bits per heavy atom. The lowest BCUT2D eigenvalue weighted by molar-refractivity contribution is -0.122. The molecule has 1 unspecified atom stereocenters. The van der Waals surface area contributed by atoms with E-state index in [0.717, 1.165) is 43.7 Å². The van der Waals surface area contributed by atoms with Crippen LogP contribution in [0.3, 0.4) is 0 Å². The van der Waals surface area contributed by atoms with Crippen LogP contribution in [0.2, 0.25) is 0 Å². The molecule has 0 spiro atoms. The minimum absolute atomic E-state index is 0.0992. The van der Waals surface area contributed by atoms with E-state index in [0.29, 0.717) is 39.7 Å². The van der Waals surface area contributed by atoms with Crippen molar-refractivity contribution in [2.75, 3.05) is 24.5 Å². The van der Waals surface area contributed by atoms with E-state index in [9.17, 15) is 14.9 Å². The standard InChI is InChI=1S/C24H32N4O2S2/c1-6-9-27-21(26-10-7-8-16(4)14-26)18(17(5)19(12-25)22(27)29)11-20-23(30)28(13-15(2)3)24(31)32-20/h11,15-16H,6-10,13-14H2,1-5H3/b20-11+. The number of piperidine rings is 1. The molecule has 0 radical (unpaired) electrons. The second-order valence-electron chi connectivity index (χ2n) is 9.19. The van der Waals surface area contributed by atoms with Crippen LogP contribution in [0.5, 0.6) is 0 Å². The van der Waals surface area contributed by atoms with Gasteiger partial charge in [-0.15, -0.1) is 0 Å². The van der Waals surface area contributed by atoms with Crippen LogP contribution >= 0.6 is 24.0 Å². The average molecular weight is 473 g/mol. The van der Waals surface area contributed by atoms with Gasteiger partial charge in [-0.05, 0) is 49.7 Å². The lowest BCUT2D eigenvalue weighted by Crippen LogP contribution is -2.40. The van der Waals surface area contributed by atoms with Gasteiger partial charge < -0.3 is 4.90 Å². The molecule has 0 aromatic carbocycles. The highest BCUT2D eigenvalue weighted by atomic mass is 32.2. The summed E-state index contributed by atoms with van der Waals surface area (Å²) >= 11 is 6.78. The summed E-state index contributed by atoms with van der Waals surface area (Å²) in [5.41, 5.74) is 1.32. The van der Waals surface area contributed by atoms with Gasteiger partial charge in [0, 0.05) is 31.7 Å². The molecule has 1 amide bonds. The van der Waals surface area contributed by atoms with Crippen LogP contribution < -0.4 is 10.5 Å². The first-order valence-electron chi connectivity index (χ1n) is 11.4. The van der Waals surface area contributed by atoms with Crippen molar-refractivity contribution in [2.24, 2.45) is 11.8 Å². The molecule has 32 heavy (non-hydrogen) atoms. The maximum atomic E-state index is 13.2. The molecule has 8 heteroatoms. The van der Waals surface area contributed by atoms with Crippen molar-refractivity contribution in [3.8, 4) is 6.07 Å². The summed E-state index contributed by atoms with van der Waals surface area (Å²) in [6.45, 7) is 13.0. The molecule has 0 aliphatic carbocycles. The Morgan fingerprint density at radius 2 is 2.06 bits per heavy atom. The number of nitriles is 1. The second-order valence-corrected chi connectivity index (χ2v) is 10.9. The number of carbonyl (C=O) groups excluding carboxylic acids is 1. The summed E-state index contributed by atoms with van der Waals surface area (Å²) in [7, 11) is 0. The lowest BCUT2D eigenvalue weighted by atomic mass is 9.98. The van der Waals surface area contributed by atoms with E-state index in [1.807, 2.05) is 19.9 Å². The van der Waals surface area contributed by atoms with E-state index in [2.05, 4.69) is 31.7 Å². The molecule has 0 bridgehead atoms. The minimum Gasteiger partial charge on any atom is -0.357 e.